The first-order chi connectivity index (χ1) is 8.43. The molecule has 0 bridgehead atoms. The van der Waals surface area contributed by atoms with Gasteiger partial charge in [-0.2, -0.15) is 4.31 Å². The summed E-state index contributed by atoms with van der Waals surface area (Å²) in [6, 6.07) is 5.33. The summed E-state index contributed by atoms with van der Waals surface area (Å²) in [6.45, 7) is 2.09. The van der Waals surface area contributed by atoms with E-state index in [1.165, 1.54) is 12.1 Å². The molecule has 0 saturated carbocycles. The number of carboxylic acids is 1. The van der Waals surface area contributed by atoms with E-state index in [0.717, 1.165) is 9.87 Å². The van der Waals surface area contributed by atoms with Gasteiger partial charge in [0.2, 0.25) is 10.0 Å². The topological polar surface area (TPSA) is 77.5 Å². The van der Waals surface area contributed by atoms with E-state index >= 15 is 0 Å². The monoisotopic (exact) mass is 291 g/mol. The van der Waals surface area contributed by atoms with Crippen LogP contribution in [0.3, 0.4) is 0 Å². The third-order valence-electron chi connectivity index (χ3n) is 3.10. The zero-order chi connectivity index (χ0) is 13.3. The van der Waals surface area contributed by atoms with E-state index in [9.17, 15) is 18.3 Å². The molecule has 5 nitrogen and oxygen atoms in total. The van der Waals surface area contributed by atoms with Crippen LogP contribution in [0, 0.1) is 6.92 Å². The molecule has 0 radical (unpaired) electrons. The molecule has 0 aromatic heterocycles. The second kappa shape index (κ2) is 6.37. The molecule has 1 aliphatic heterocycles. The molecule has 1 fully saturated rings. The van der Waals surface area contributed by atoms with Gasteiger partial charge in [-0.25, -0.2) is 8.42 Å². The number of aliphatic carboxylic acids is 1. The van der Waals surface area contributed by atoms with Crippen molar-refractivity contribution in [2.45, 2.75) is 30.7 Å². The van der Waals surface area contributed by atoms with Gasteiger partial charge in [0.1, 0.15) is 0 Å². The van der Waals surface area contributed by atoms with E-state index < -0.39 is 22.0 Å². The predicted octanol–water partition coefficient (Wildman–Crippen LogP) is -3.10. The van der Waals surface area contributed by atoms with Crippen molar-refractivity contribution in [1.82, 2.24) is 4.31 Å². The average Bonchev–Trinajstić information content (AvgIpc) is 2.79. The normalized spacial score (nSPS) is 19.9. The molecule has 1 heterocycles. The molecule has 1 atom stereocenters. The molecule has 0 unspecified atom stereocenters. The van der Waals surface area contributed by atoms with Gasteiger partial charge >= 0.3 is 29.6 Å². The van der Waals surface area contributed by atoms with Crippen LogP contribution in [0.4, 0.5) is 0 Å². The van der Waals surface area contributed by atoms with Gasteiger partial charge in [-0.1, -0.05) is 17.7 Å². The maximum absolute atomic E-state index is 12.3. The number of carbonyl (C=O) groups is 1. The molecule has 98 valence electrons. The Labute approximate surface area is 135 Å². The van der Waals surface area contributed by atoms with E-state index in [1.54, 1.807) is 12.1 Å². The summed E-state index contributed by atoms with van der Waals surface area (Å²) < 4.78 is 25.6. The number of benzene rings is 1. The summed E-state index contributed by atoms with van der Waals surface area (Å²) in [7, 11) is -3.74. The number of nitrogens with zero attached hydrogens (tertiary/aromatic N) is 1. The molecule has 1 saturated heterocycles. The Hall–Kier alpha value is -0.400. The second-order valence-corrected chi connectivity index (χ2v) is 6.30. The fraction of sp³-hybridized carbons (Fsp3) is 0.417. The van der Waals surface area contributed by atoms with Crippen LogP contribution in [0.1, 0.15) is 18.4 Å². The minimum atomic E-state index is -3.74. The molecule has 1 aromatic carbocycles. The first-order valence-electron chi connectivity index (χ1n) is 5.72. The number of hydrogen-bond donors (Lipinski definition) is 0. The second-order valence-electron chi connectivity index (χ2n) is 4.41. The number of rotatable bonds is 3. The van der Waals surface area contributed by atoms with Crippen molar-refractivity contribution in [2.75, 3.05) is 6.54 Å². The van der Waals surface area contributed by atoms with Crippen molar-refractivity contribution >= 4 is 16.0 Å². The SMILES string of the molecule is Cc1ccc(S(=O)(=O)N2CCC[C@@H]2C(=O)[O-])cc1.[Na+]. The van der Waals surface area contributed by atoms with Gasteiger partial charge in [-0.3, -0.25) is 0 Å². The van der Waals surface area contributed by atoms with Gasteiger partial charge in [0, 0.05) is 6.54 Å². The van der Waals surface area contributed by atoms with Gasteiger partial charge < -0.3 is 9.90 Å². The molecule has 1 aliphatic rings. The number of carboxylic acid groups (broad SMARTS) is 1. The quantitative estimate of drug-likeness (QED) is 0.553. The average molecular weight is 291 g/mol. The first kappa shape index (κ1) is 16.7. The van der Waals surface area contributed by atoms with Crippen LogP contribution in [-0.4, -0.2) is 31.3 Å². The molecule has 0 spiro atoms. The predicted molar refractivity (Wildman–Crippen MR) is 63.1 cm³/mol. The minimum Gasteiger partial charge on any atom is -0.548 e. The van der Waals surface area contributed by atoms with Crippen molar-refractivity contribution in [3.8, 4) is 0 Å². The number of sulfonamides is 1. The van der Waals surface area contributed by atoms with Gasteiger partial charge in [0.15, 0.2) is 0 Å². The van der Waals surface area contributed by atoms with E-state index in [1.807, 2.05) is 6.92 Å². The summed E-state index contributed by atoms with van der Waals surface area (Å²) in [5.41, 5.74) is 0.951. The van der Waals surface area contributed by atoms with Crippen LogP contribution in [-0.2, 0) is 14.8 Å². The fourth-order valence-corrected chi connectivity index (χ4v) is 3.76. The van der Waals surface area contributed by atoms with Gasteiger partial charge in [0.05, 0.1) is 16.9 Å². The maximum atomic E-state index is 12.3. The third-order valence-corrected chi connectivity index (χ3v) is 5.03. The smallest absolute Gasteiger partial charge is 0.548 e. The standard InChI is InChI=1S/C12H15NO4S.Na/c1-9-4-6-10(7-5-9)18(16,17)13-8-2-3-11(13)12(14)15;/h4-7,11H,2-3,8H2,1H3,(H,14,15);/q;+1/p-1/t11-;/m1./s1. The van der Waals surface area contributed by atoms with Crippen LogP contribution >= 0.6 is 0 Å². The van der Waals surface area contributed by atoms with Crippen LogP contribution in [0.5, 0.6) is 0 Å². The van der Waals surface area contributed by atoms with Crippen LogP contribution in [0.15, 0.2) is 29.2 Å². The Kier molecular flexibility index (Phi) is 5.58. The van der Waals surface area contributed by atoms with Crippen molar-refractivity contribution in [2.24, 2.45) is 0 Å². The molecule has 0 amide bonds. The molecule has 0 aliphatic carbocycles. The molecule has 0 N–H and O–H groups in total. The summed E-state index contributed by atoms with van der Waals surface area (Å²) >= 11 is 0. The van der Waals surface area contributed by atoms with Crippen molar-refractivity contribution < 1.29 is 47.9 Å². The van der Waals surface area contributed by atoms with Crippen LogP contribution in [0.25, 0.3) is 0 Å². The Balaban J connectivity index is 0.00000180. The summed E-state index contributed by atoms with van der Waals surface area (Å²) in [5, 5.41) is 10.9. The Bertz CT molecular complexity index is 556. The Morgan fingerprint density at radius 1 is 1.32 bits per heavy atom. The third kappa shape index (κ3) is 3.38. The summed E-state index contributed by atoms with van der Waals surface area (Å²) in [4.78, 5) is 11.1. The van der Waals surface area contributed by atoms with Crippen molar-refractivity contribution in [3.05, 3.63) is 29.8 Å². The van der Waals surface area contributed by atoms with Gasteiger partial charge in [0.25, 0.3) is 0 Å². The van der Waals surface area contributed by atoms with E-state index in [2.05, 4.69) is 0 Å². The molecule has 2 rings (SSSR count). The molecule has 7 heteroatoms. The zero-order valence-corrected chi connectivity index (χ0v) is 13.8. The first-order valence-corrected chi connectivity index (χ1v) is 7.16. The van der Waals surface area contributed by atoms with Crippen molar-refractivity contribution in [3.63, 3.8) is 0 Å². The number of hydrogen-bond acceptors (Lipinski definition) is 4. The van der Waals surface area contributed by atoms with Crippen molar-refractivity contribution in [1.29, 1.82) is 0 Å². The molecule has 1 aromatic rings. The molecular formula is C12H14NNaO4S. The van der Waals surface area contributed by atoms with Gasteiger partial charge in [-0.05, 0) is 31.9 Å². The van der Waals surface area contributed by atoms with E-state index in [0.29, 0.717) is 12.8 Å². The Morgan fingerprint density at radius 2 is 1.89 bits per heavy atom. The van der Waals surface area contributed by atoms with E-state index in [4.69, 9.17) is 0 Å². The Morgan fingerprint density at radius 3 is 2.42 bits per heavy atom. The maximum Gasteiger partial charge on any atom is 1.00 e. The molecule has 19 heavy (non-hydrogen) atoms. The fourth-order valence-electron chi connectivity index (χ4n) is 2.11. The minimum absolute atomic E-state index is 0. The largest absolute Gasteiger partial charge is 1.00 e. The summed E-state index contributed by atoms with van der Waals surface area (Å²) in [5.74, 6) is -1.33. The molecular weight excluding hydrogens is 277 g/mol. The summed E-state index contributed by atoms with van der Waals surface area (Å²) in [6.07, 6.45) is 0.858. The zero-order valence-electron chi connectivity index (χ0n) is 11.0. The van der Waals surface area contributed by atoms with Gasteiger partial charge in [-0.15, -0.1) is 0 Å². The number of aryl methyl sites for hydroxylation is 1. The van der Waals surface area contributed by atoms with E-state index in [-0.39, 0.29) is 41.0 Å². The number of carbonyl (C=O) groups excluding carboxylic acids is 1. The van der Waals surface area contributed by atoms with Crippen LogP contribution in [0.2, 0.25) is 0 Å². The van der Waals surface area contributed by atoms with Crippen LogP contribution < -0.4 is 34.7 Å².